The van der Waals surface area contributed by atoms with Crippen molar-refractivity contribution in [1.82, 2.24) is 59.0 Å². The Balaban J connectivity index is 1.16. The largest absolute Gasteiger partial charge is 0.381 e. The first-order chi connectivity index (χ1) is 25.9. The fraction of sp³-hybridized carbons (Fsp3) is 0.471. The van der Waals surface area contributed by atoms with Crippen LogP contribution in [-0.2, 0) is 14.2 Å². The Kier molecular flexibility index (Phi) is 9.59. The van der Waals surface area contributed by atoms with Crippen molar-refractivity contribution >= 4 is 46.1 Å². The highest BCUT2D eigenvalue weighted by Crippen LogP contribution is 2.32. The Morgan fingerprint density at radius 2 is 1.36 bits per heavy atom. The van der Waals surface area contributed by atoms with Crippen LogP contribution in [0.1, 0.15) is 38.2 Å². The summed E-state index contributed by atoms with van der Waals surface area (Å²) in [4.78, 5) is 51.8. The van der Waals surface area contributed by atoms with Gasteiger partial charge in [-0.15, -0.1) is 0 Å². The van der Waals surface area contributed by atoms with Crippen LogP contribution in [0.25, 0.3) is 44.8 Å². The molecule has 53 heavy (non-hydrogen) atoms. The van der Waals surface area contributed by atoms with Gasteiger partial charge in [-0.05, 0) is 20.3 Å². The third-order valence-electron chi connectivity index (χ3n) is 9.61. The lowest BCUT2D eigenvalue weighted by atomic mass is 10.1. The van der Waals surface area contributed by atoms with Gasteiger partial charge in [0, 0.05) is 69.0 Å². The number of aryl methyl sites for hydroxylation is 1. The molecule has 3 N–H and O–H groups in total. The molecule has 276 valence electrons. The molecule has 0 aromatic carbocycles. The molecule has 8 rings (SSSR count). The van der Waals surface area contributed by atoms with Crippen molar-refractivity contribution in [1.29, 1.82) is 0 Å². The number of aromatic nitrogens is 12. The van der Waals surface area contributed by atoms with Crippen molar-refractivity contribution < 1.29 is 14.2 Å². The molecule has 19 heteroatoms. The first-order valence-corrected chi connectivity index (χ1v) is 17.7. The number of hydrogen-bond donors (Lipinski definition) is 2. The van der Waals surface area contributed by atoms with E-state index < -0.39 is 6.17 Å². The molecule has 8 heterocycles. The van der Waals surface area contributed by atoms with Crippen molar-refractivity contribution in [3.8, 4) is 22.5 Å². The Morgan fingerprint density at radius 3 is 1.96 bits per heavy atom. The molecule has 2 saturated heterocycles. The first-order valence-electron chi connectivity index (χ1n) is 17.7. The molecule has 0 amide bonds. The number of methoxy groups -OCH3 is 1. The van der Waals surface area contributed by atoms with E-state index in [4.69, 9.17) is 59.8 Å². The normalized spacial score (nSPS) is 16.4. The van der Waals surface area contributed by atoms with Crippen LogP contribution in [0.5, 0.6) is 0 Å². The smallest absolute Gasteiger partial charge is 0.228 e. The summed E-state index contributed by atoms with van der Waals surface area (Å²) >= 11 is 0. The fourth-order valence-corrected chi connectivity index (χ4v) is 6.48. The number of imidazole rings is 2. The summed E-state index contributed by atoms with van der Waals surface area (Å²) < 4.78 is 20.9. The van der Waals surface area contributed by atoms with Crippen LogP contribution in [0, 0.1) is 6.92 Å². The molecule has 2 aliphatic rings. The second-order valence-corrected chi connectivity index (χ2v) is 13.0. The summed E-state index contributed by atoms with van der Waals surface area (Å²) in [6.07, 6.45) is 9.07. The number of rotatable bonds is 11. The number of nitrogens with one attached hydrogen (secondary N) is 1. The number of ether oxygens (including phenoxy) is 3. The highest BCUT2D eigenvalue weighted by atomic mass is 16.5. The van der Waals surface area contributed by atoms with Crippen molar-refractivity contribution in [2.24, 2.45) is 0 Å². The molecule has 0 bridgehead atoms. The van der Waals surface area contributed by atoms with Crippen LogP contribution in [0.3, 0.4) is 0 Å². The fourth-order valence-electron chi connectivity index (χ4n) is 6.48. The lowest BCUT2D eigenvalue weighted by Gasteiger charge is -2.27. The predicted octanol–water partition coefficient (Wildman–Crippen LogP) is 2.67. The Hall–Kier alpha value is -5.66. The van der Waals surface area contributed by atoms with Gasteiger partial charge < -0.3 is 39.6 Å². The van der Waals surface area contributed by atoms with E-state index in [1.807, 2.05) is 17.8 Å². The molecule has 2 fully saturated rings. The van der Waals surface area contributed by atoms with Crippen molar-refractivity contribution in [2.45, 2.75) is 39.4 Å². The molecule has 2 atom stereocenters. The summed E-state index contributed by atoms with van der Waals surface area (Å²) in [5.41, 5.74) is 11.9. The molecular formula is C34H42N16O3. The number of morpholine rings is 2. The first kappa shape index (κ1) is 34.4. The molecule has 0 saturated carbocycles. The number of fused-ring (bicyclic) bond motifs is 2. The van der Waals surface area contributed by atoms with Gasteiger partial charge in [-0.1, -0.05) is 6.92 Å². The standard InChI is InChI=1S/C34H42N16O3/c1-5-20(2)49-18-39-28-26(44-34(45-29(28)49)48-8-12-53-13-9-48)23-16-38-32(41-21(23)3)42-24(17-51-4)50-19-40-27-25(22-14-36-31(35)37-15-22)43-33(46-30(27)50)47-6-10-52-11-7-47/h14-16,18-20,24H,5-13,17H2,1-4H3,(H2,35,36,37)(H,38,41,42). The van der Waals surface area contributed by atoms with E-state index in [1.165, 1.54) is 0 Å². The summed E-state index contributed by atoms with van der Waals surface area (Å²) in [5, 5.41) is 3.45. The second-order valence-electron chi connectivity index (χ2n) is 13.0. The highest BCUT2D eigenvalue weighted by Gasteiger charge is 2.26. The minimum absolute atomic E-state index is 0.172. The molecule has 19 nitrogen and oxygen atoms in total. The zero-order valence-corrected chi connectivity index (χ0v) is 30.2. The maximum absolute atomic E-state index is 5.80. The quantitative estimate of drug-likeness (QED) is 0.197. The van der Waals surface area contributed by atoms with Gasteiger partial charge in [-0.2, -0.15) is 9.97 Å². The molecule has 2 aliphatic heterocycles. The van der Waals surface area contributed by atoms with Crippen molar-refractivity contribution in [3.63, 3.8) is 0 Å². The van der Waals surface area contributed by atoms with E-state index in [9.17, 15) is 0 Å². The van der Waals surface area contributed by atoms with Crippen molar-refractivity contribution in [2.75, 3.05) is 87.2 Å². The van der Waals surface area contributed by atoms with Gasteiger partial charge in [0.05, 0.1) is 51.4 Å². The molecule has 6 aromatic rings. The zero-order valence-electron chi connectivity index (χ0n) is 30.2. The van der Waals surface area contributed by atoms with Gasteiger partial charge in [0.25, 0.3) is 0 Å². The summed E-state index contributed by atoms with van der Waals surface area (Å²) in [7, 11) is 1.64. The molecule has 0 spiro atoms. The Morgan fingerprint density at radius 1 is 0.774 bits per heavy atom. The third-order valence-corrected chi connectivity index (χ3v) is 9.61. The minimum atomic E-state index is -0.483. The molecule has 2 unspecified atom stereocenters. The van der Waals surface area contributed by atoms with E-state index in [0.29, 0.717) is 104 Å². The SMILES string of the molecule is CCC(C)n1cnc2c(-c3cnc(NC(COC)n4cnc5c(-c6cnc(N)nc6)nc(N6CCOCC6)nc54)nc3C)nc(N3CCOCC3)nc21. The number of nitrogens with two attached hydrogens (primary N) is 1. The van der Waals surface area contributed by atoms with Gasteiger partial charge in [-0.3, -0.25) is 4.57 Å². The Labute approximate surface area is 305 Å². The average Bonchev–Trinajstić information content (AvgIpc) is 3.83. The van der Waals surface area contributed by atoms with E-state index in [-0.39, 0.29) is 18.6 Å². The molecule has 0 aliphatic carbocycles. The molecule has 0 radical (unpaired) electrons. The number of anilines is 4. The summed E-state index contributed by atoms with van der Waals surface area (Å²) in [6.45, 7) is 11.6. The van der Waals surface area contributed by atoms with Crippen molar-refractivity contribution in [3.05, 3.63) is 36.9 Å². The maximum atomic E-state index is 5.80. The molecular weight excluding hydrogens is 680 g/mol. The van der Waals surface area contributed by atoms with E-state index in [2.05, 4.69) is 43.5 Å². The monoisotopic (exact) mass is 722 g/mol. The Bertz CT molecular complexity index is 2210. The van der Waals surface area contributed by atoms with Crippen LogP contribution < -0.4 is 20.9 Å². The minimum Gasteiger partial charge on any atom is -0.381 e. The highest BCUT2D eigenvalue weighted by molar-refractivity contribution is 5.90. The lowest BCUT2D eigenvalue weighted by Crippen LogP contribution is -2.37. The number of hydrogen-bond acceptors (Lipinski definition) is 17. The van der Waals surface area contributed by atoms with Gasteiger partial charge in [-0.25, -0.2) is 39.9 Å². The molecule has 6 aromatic heterocycles. The second kappa shape index (κ2) is 14.8. The van der Waals surface area contributed by atoms with Crippen LogP contribution in [-0.4, -0.2) is 125 Å². The van der Waals surface area contributed by atoms with Gasteiger partial charge in [0.2, 0.25) is 23.8 Å². The van der Waals surface area contributed by atoms with Crippen LogP contribution in [0.4, 0.5) is 23.8 Å². The van der Waals surface area contributed by atoms with Crippen LogP contribution in [0.2, 0.25) is 0 Å². The van der Waals surface area contributed by atoms with E-state index >= 15 is 0 Å². The predicted molar refractivity (Wildman–Crippen MR) is 197 cm³/mol. The lowest BCUT2D eigenvalue weighted by molar-refractivity contribution is 0.122. The summed E-state index contributed by atoms with van der Waals surface area (Å²) in [5.74, 6) is 1.75. The third kappa shape index (κ3) is 6.73. The average molecular weight is 723 g/mol. The number of nitrogens with zero attached hydrogens (tertiary/aromatic N) is 14. The van der Waals surface area contributed by atoms with E-state index in [0.717, 1.165) is 23.3 Å². The summed E-state index contributed by atoms with van der Waals surface area (Å²) in [6, 6.07) is 0.215. The number of nitrogen functional groups attached to an aromatic ring is 1. The van der Waals surface area contributed by atoms with E-state index in [1.54, 1.807) is 32.0 Å². The topological polar surface area (TPSA) is 211 Å². The van der Waals surface area contributed by atoms with Crippen LogP contribution >= 0.6 is 0 Å². The van der Waals surface area contributed by atoms with Gasteiger partial charge in [0.15, 0.2) is 11.3 Å². The zero-order chi connectivity index (χ0) is 36.5. The maximum Gasteiger partial charge on any atom is 0.228 e. The van der Waals surface area contributed by atoms with Crippen LogP contribution in [0.15, 0.2) is 31.2 Å². The van der Waals surface area contributed by atoms with Gasteiger partial charge >= 0.3 is 0 Å². The van der Waals surface area contributed by atoms with Gasteiger partial charge in [0.1, 0.15) is 28.6 Å².